The highest BCUT2D eigenvalue weighted by Crippen LogP contribution is 2.29. The first-order valence-corrected chi connectivity index (χ1v) is 6.31. The van der Waals surface area contributed by atoms with Crippen molar-refractivity contribution >= 4 is 23.2 Å². The molecule has 0 saturated carbocycles. The lowest BCUT2D eigenvalue weighted by Crippen LogP contribution is -2.20. The van der Waals surface area contributed by atoms with Crippen LogP contribution in [-0.2, 0) is 16.0 Å². The van der Waals surface area contributed by atoms with Crippen LogP contribution in [-0.4, -0.2) is 18.9 Å². The molecule has 2 amide bonds. The number of amides is 2. The van der Waals surface area contributed by atoms with Gasteiger partial charge in [-0.3, -0.25) is 9.59 Å². The van der Waals surface area contributed by atoms with E-state index in [1.54, 1.807) is 11.9 Å². The molecule has 0 aromatic heterocycles. The van der Waals surface area contributed by atoms with Gasteiger partial charge in [0.1, 0.15) is 0 Å². The molecule has 0 spiro atoms. The highest BCUT2D eigenvalue weighted by molar-refractivity contribution is 6.02. The lowest BCUT2D eigenvalue weighted by molar-refractivity contribution is -0.117. The number of hydrogen-bond donors (Lipinski definition) is 1. The van der Waals surface area contributed by atoms with Crippen LogP contribution in [0.15, 0.2) is 18.2 Å². The van der Waals surface area contributed by atoms with E-state index < -0.39 is 0 Å². The average molecular weight is 246 g/mol. The summed E-state index contributed by atoms with van der Waals surface area (Å²) in [4.78, 5) is 24.8. The van der Waals surface area contributed by atoms with Crippen molar-refractivity contribution in [2.24, 2.45) is 0 Å². The Morgan fingerprint density at radius 1 is 1.44 bits per heavy atom. The summed E-state index contributed by atoms with van der Waals surface area (Å²) in [6.07, 6.45) is 2.88. The number of carbonyl (C=O) groups excluding carboxylic acids is 2. The molecule has 0 atom stereocenters. The molecule has 1 heterocycles. The number of fused-ring (bicyclic) bond motifs is 1. The number of nitrogens with zero attached hydrogens (tertiary/aromatic N) is 1. The molecule has 0 aliphatic carbocycles. The summed E-state index contributed by atoms with van der Waals surface area (Å²) in [6, 6.07) is 5.62. The number of anilines is 2. The molecule has 1 aromatic rings. The maximum absolute atomic E-state index is 11.6. The molecular formula is C14H18N2O2. The monoisotopic (exact) mass is 246 g/mol. The highest BCUT2D eigenvalue weighted by atomic mass is 16.2. The van der Waals surface area contributed by atoms with E-state index in [1.807, 2.05) is 18.2 Å². The molecule has 1 aliphatic heterocycles. The summed E-state index contributed by atoms with van der Waals surface area (Å²) in [7, 11) is 1.77. The molecule has 0 unspecified atom stereocenters. The molecule has 4 nitrogen and oxygen atoms in total. The molecular weight excluding hydrogens is 228 g/mol. The highest BCUT2D eigenvalue weighted by Gasteiger charge is 2.23. The second kappa shape index (κ2) is 5.21. The van der Waals surface area contributed by atoms with Crippen LogP contribution in [0.5, 0.6) is 0 Å². The van der Waals surface area contributed by atoms with E-state index >= 15 is 0 Å². The van der Waals surface area contributed by atoms with Gasteiger partial charge in [0.05, 0.1) is 6.42 Å². The first kappa shape index (κ1) is 12.6. The van der Waals surface area contributed by atoms with Crippen LogP contribution < -0.4 is 10.2 Å². The number of unbranched alkanes of at least 4 members (excludes halogenated alkanes) is 1. The SMILES string of the molecule is CCCCC(=O)Nc1ccc2c(c1)CC(=O)N2C. The van der Waals surface area contributed by atoms with Crippen molar-refractivity contribution in [3.8, 4) is 0 Å². The largest absolute Gasteiger partial charge is 0.326 e. The van der Waals surface area contributed by atoms with Crippen LogP contribution in [0.4, 0.5) is 11.4 Å². The Labute approximate surface area is 107 Å². The summed E-state index contributed by atoms with van der Waals surface area (Å²) in [5, 5.41) is 2.87. The quantitative estimate of drug-likeness (QED) is 0.886. The van der Waals surface area contributed by atoms with Gasteiger partial charge >= 0.3 is 0 Å². The fourth-order valence-corrected chi connectivity index (χ4v) is 2.11. The normalized spacial score (nSPS) is 13.7. The Morgan fingerprint density at radius 3 is 2.94 bits per heavy atom. The van der Waals surface area contributed by atoms with Gasteiger partial charge in [-0.1, -0.05) is 13.3 Å². The van der Waals surface area contributed by atoms with Gasteiger partial charge in [0.2, 0.25) is 11.8 Å². The Balaban J connectivity index is 2.07. The summed E-state index contributed by atoms with van der Waals surface area (Å²) in [5.74, 6) is 0.133. The van der Waals surface area contributed by atoms with E-state index in [4.69, 9.17) is 0 Å². The van der Waals surface area contributed by atoms with Gasteiger partial charge in [0, 0.05) is 24.8 Å². The van der Waals surface area contributed by atoms with Crippen LogP contribution in [0, 0.1) is 0 Å². The van der Waals surface area contributed by atoms with Crippen LogP contribution in [0.3, 0.4) is 0 Å². The third-order valence-corrected chi connectivity index (χ3v) is 3.20. The van der Waals surface area contributed by atoms with Crippen molar-refractivity contribution in [1.29, 1.82) is 0 Å². The maximum atomic E-state index is 11.6. The first-order chi connectivity index (χ1) is 8.61. The summed E-state index contributed by atoms with van der Waals surface area (Å²) in [5.41, 5.74) is 2.69. The van der Waals surface area contributed by atoms with Crippen molar-refractivity contribution in [1.82, 2.24) is 0 Å². The smallest absolute Gasteiger partial charge is 0.231 e. The molecule has 0 saturated heterocycles. The molecule has 0 bridgehead atoms. The molecule has 4 heteroatoms. The van der Waals surface area contributed by atoms with Crippen molar-refractivity contribution in [3.05, 3.63) is 23.8 Å². The Kier molecular flexibility index (Phi) is 3.65. The second-order valence-corrected chi connectivity index (χ2v) is 4.62. The zero-order chi connectivity index (χ0) is 13.1. The zero-order valence-corrected chi connectivity index (χ0v) is 10.8. The Hall–Kier alpha value is -1.84. The van der Waals surface area contributed by atoms with Gasteiger partial charge in [-0.2, -0.15) is 0 Å². The number of likely N-dealkylation sites (N-methyl/N-ethyl adjacent to an activating group) is 1. The van der Waals surface area contributed by atoms with Crippen LogP contribution in [0.25, 0.3) is 0 Å². The minimum absolute atomic E-state index is 0.0366. The van der Waals surface area contributed by atoms with Gasteiger partial charge in [-0.25, -0.2) is 0 Å². The number of rotatable bonds is 4. The van der Waals surface area contributed by atoms with Gasteiger partial charge in [0.25, 0.3) is 0 Å². The van der Waals surface area contributed by atoms with Crippen LogP contribution in [0.1, 0.15) is 31.7 Å². The number of hydrogen-bond acceptors (Lipinski definition) is 2. The van der Waals surface area contributed by atoms with E-state index in [1.165, 1.54) is 0 Å². The van der Waals surface area contributed by atoms with E-state index in [9.17, 15) is 9.59 Å². The average Bonchev–Trinajstić information content (AvgIpc) is 2.62. The van der Waals surface area contributed by atoms with Crippen LogP contribution in [0.2, 0.25) is 0 Å². The predicted octanol–water partition coefficient (Wildman–Crippen LogP) is 2.33. The van der Waals surface area contributed by atoms with Gasteiger partial charge in [-0.05, 0) is 30.2 Å². The molecule has 0 radical (unpaired) electrons. The third-order valence-electron chi connectivity index (χ3n) is 3.20. The van der Waals surface area contributed by atoms with Crippen molar-refractivity contribution in [3.63, 3.8) is 0 Å². The van der Waals surface area contributed by atoms with Crippen molar-refractivity contribution in [2.45, 2.75) is 32.6 Å². The molecule has 1 aromatic carbocycles. The van der Waals surface area contributed by atoms with Crippen LogP contribution >= 0.6 is 0 Å². The maximum Gasteiger partial charge on any atom is 0.231 e. The lowest BCUT2D eigenvalue weighted by Gasteiger charge is -2.11. The minimum Gasteiger partial charge on any atom is -0.326 e. The standard InChI is InChI=1S/C14H18N2O2/c1-3-4-5-13(17)15-11-6-7-12-10(8-11)9-14(18)16(12)2/h6-8H,3-5,9H2,1-2H3,(H,15,17). The molecule has 0 fully saturated rings. The Bertz CT molecular complexity index is 483. The first-order valence-electron chi connectivity index (χ1n) is 6.31. The zero-order valence-electron chi connectivity index (χ0n) is 10.8. The van der Waals surface area contributed by atoms with E-state index in [2.05, 4.69) is 12.2 Å². The number of carbonyl (C=O) groups is 2. The fourth-order valence-electron chi connectivity index (χ4n) is 2.11. The predicted molar refractivity (Wildman–Crippen MR) is 71.7 cm³/mol. The van der Waals surface area contributed by atoms with Gasteiger partial charge in [-0.15, -0.1) is 0 Å². The molecule has 2 rings (SSSR count). The topological polar surface area (TPSA) is 49.4 Å². The van der Waals surface area contributed by atoms with Gasteiger partial charge in [0.15, 0.2) is 0 Å². The van der Waals surface area contributed by atoms with E-state index in [-0.39, 0.29) is 11.8 Å². The fraction of sp³-hybridized carbons (Fsp3) is 0.429. The third kappa shape index (κ3) is 2.53. The summed E-state index contributed by atoms with van der Waals surface area (Å²) >= 11 is 0. The molecule has 1 N–H and O–H groups in total. The van der Waals surface area contributed by atoms with E-state index in [0.29, 0.717) is 12.8 Å². The van der Waals surface area contributed by atoms with Crippen molar-refractivity contribution < 1.29 is 9.59 Å². The number of nitrogens with one attached hydrogen (secondary N) is 1. The van der Waals surface area contributed by atoms with Crippen molar-refractivity contribution in [2.75, 3.05) is 17.3 Å². The minimum atomic E-state index is 0.0366. The molecule has 18 heavy (non-hydrogen) atoms. The lowest BCUT2D eigenvalue weighted by atomic mass is 10.1. The second-order valence-electron chi connectivity index (χ2n) is 4.62. The summed E-state index contributed by atoms with van der Waals surface area (Å²) < 4.78 is 0. The molecule has 1 aliphatic rings. The van der Waals surface area contributed by atoms with Gasteiger partial charge < -0.3 is 10.2 Å². The Morgan fingerprint density at radius 2 is 2.22 bits per heavy atom. The van der Waals surface area contributed by atoms with E-state index in [0.717, 1.165) is 29.8 Å². The molecule has 96 valence electrons. The summed E-state index contributed by atoms with van der Waals surface area (Å²) in [6.45, 7) is 2.06. The number of benzene rings is 1.